The van der Waals surface area contributed by atoms with Gasteiger partial charge in [0.1, 0.15) is 0 Å². The summed E-state index contributed by atoms with van der Waals surface area (Å²) in [5, 5.41) is 7.79. The predicted molar refractivity (Wildman–Crippen MR) is 76.3 cm³/mol. The van der Waals surface area contributed by atoms with E-state index in [2.05, 4.69) is 40.3 Å². The van der Waals surface area contributed by atoms with Crippen LogP contribution in [0, 0.1) is 27.7 Å². The lowest BCUT2D eigenvalue weighted by Gasteiger charge is -2.15. The number of nitrogens with zero attached hydrogens (tertiary/aromatic N) is 4. The van der Waals surface area contributed by atoms with Crippen molar-refractivity contribution in [1.29, 1.82) is 0 Å². The van der Waals surface area contributed by atoms with E-state index in [1.165, 1.54) is 5.69 Å². The van der Waals surface area contributed by atoms with Crippen molar-refractivity contribution in [3.63, 3.8) is 0 Å². The lowest BCUT2D eigenvalue weighted by Crippen LogP contribution is -2.24. The molecule has 2 aromatic heterocycles. The summed E-state index contributed by atoms with van der Waals surface area (Å²) < 4.78 is 2.01. The molecule has 2 rings (SSSR count). The van der Waals surface area contributed by atoms with Gasteiger partial charge in [0, 0.05) is 23.1 Å². The molecule has 2 aromatic rings. The quantitative estimate of drug-likeness (QED) is 0.916. The molecule has 2 heterocycles. The van der Waals surface area contributed by atoms with Gasteiger partial charge in [0.2, 0.25) is 5.95 Å². The van der Waals surface area contributed by atoms with Crippen molar-refractivity contribution in [2.24, 2.45) is 0 Å². The first-order chi connectivity index (χ1) is 8.94. The topological polar surface area (TPSA) is 55.6 Å². The Balaban J connectivity index is 2.05. The van der Waals surface area contributed by atoms with Crippen LogP contribution in [-0.4, -0.2) is 25.8 Å². The Labute approximate surface area is 114 Å². The van der Waals surface area contributed by atoms with Crippen LogP contribution in [0.1, 0.15) is 29.7 Å². The first-order valence-corrected chi connectivity index (χ1v) is 6.54. The van der Waals surface area contributed by atoms with Gasteiger partial charge < -0.3 is 5.32 Å². The molecule has 1 atom stereocenters. The molecule has 0 fully saturated rings. The van der Waals surface area contributed by atoms with Gasteiger partial charge in [-0.2, -0.15) is 5.10 Å². The highest BCUT2D eigenvalue weighted by Gasteiger charge is 2.08. The second kappa shape index (κ2) is 5.38. The third-order valence-electron chi connectivity index (χ3n) is 2.91. The molecule has 0 aromatic carbocycles. The molecule has 0 aliphatic heterocycles. The van der Waals surface area contributed by atoms with Gasteiger partial charge >= 0.3 is 0 Å². The Kier molecular flexibility index (Phi) is 3.83. The van der Waals surface area contributed by atoms with Gasteiger partial charge in [-0.3, -0.25) is 4.68 Å². The van der Waals surface area contributed by atoms with Gasteiger partial charge in [0.15, 0.2) is 0 Å². The average molecular weight is 259 g/mol. The number of hydrogen-bond acceptors (Lipinski definition) is 4. The summed E-state index contributed by atoms with van der Waals surface area (Å²) in [5.41, 5.74) is 4.18. The Morgan fingerprint density at radius 2 is 1.68 bits per heavy atom. The molecular weight excluding hydrogens is 238 g/mol. The van der Waals surface area contributed by atoms with E-state index >= 15 is 0 Å². The molecule has 0 aliphatic carbocycles. The van der Waals surface area contributed by atoms with E-state index in [4.69, 9.17) is 0 Å². The van der Waals surface area contributed by atoms with Crippen LogP contribution in [0.4, 0.5) is 5.95 Å². The Bertz CT molecular complexity index is 553. The van der Waals surface area contributed by atoms with Crippen LogP contribution in [0.3, 0.4) is 0 Å². The van der Waals surface area contributed by atoms with E-state index in [1.807, 2.05) is 31.5 Å². The summed E-state index contributed by atoms with van der Waals surface area (Å²) in [5.74, 6) is 0.687. The second-order valence-corrected chi connectivity index (χ2v) is 5.13. The minimum atomic E-state index is 0.221. The number of anilines is 1. The van der Waals surface area contributed by atoms with Gasteiger partial charge in [-0.05, 0) is 46.8 Å². The van der Waals surface area contributed by atoms with Gasteiger partial charge in [0.25, 0.3) is 0 Å². The molecule has 0 aliphatic rings. The molecule has 0 spiro atoms. The van der Waals surface area contributed by atoms with Crippen molar-refractivity contribution in [1.82, 2.24) is 19.7 Å². The highest BCUT2D eigenvalue weighted by atomic mass is 15.3. The SMILES string of the molecule is Cc1cc(C)nc(N[C@@H](C)Cn2nc(C)cc2C)n1. The highest BCUT2D eigenvalue weighted by molar-refractivity contribution is 5.28. The summed E-state index contributed by atoms with van der Waals surface area (Å²) in [4.78, 5) is 8.78. The highest BCUT2D eigenvalue weighted by Crippen LogP contribution is 2.08. The second-order valence-electron chi connectivity index (χ2n) is 5.13. The van der Waals surface area contributed by atoms with Gasteiger partial charge in [-0.25, -0.2) is 9.97 Å². The summed E-state index contributed by atoms with van der Waals surface area (Å²) in [6.07, 6.45) is 0. The van der Waals surface area contributed by atoms with Crippen molar-refractivity contribution in [2.45, 2.75) is 47.2 Å². The normalized spacial score (nSPS) is 12.5. The fourth-order valence-corrected chi connectivity index (χ4v) is 2.18. The third kappa shape index (κ3) is 3.53. The minimum absolute atomic E-state index is 0.221. The van der Waals surface area contributed by atoms with E-state index in [-0.39, 0.29) is 6.04 Å². The van der Waals surface area contributed by atoms with Crippen LogP contribution in [-0.2, 0) is 6.54 Å². The Morgan fingerprint density at radius 3 is 2.21 bits per heavy atom. The number of aromatic nitrogens is 4. The molecule has 0 unspecified atom stereocenters. The fraction of sp³-hybridized carbons (Fsp3) is 0.500. The van der Waals surface area contributed by atoms with Crippen LogP contribution >= 0.6 is 0 Å². The molecular formula is C14H21N5. The Hall–Kier alpha value is -1.91. The molecule has 0 saturated heterocycles. The maximum Gasteiger partial charge on any atom is 0.223 e. The van der Waals surface area contributed by atoms with Crippen molar-refractivity contribution in [3.05, 3.63) is 34.9 Å². The first-order valence-electron chi connectivity index (χ1n) is 6.54. The van der Waals surface area contributed by atoms with Crippen LogP contribution in [0.5, 0.6) is 0 Å². The Morgan fingerprint density at radius 1 is 1.05 bits per heavy atom. The summed E-state index contributed by atoms with van der Waals surface area (Å²) >= 11 is 0. The van der Waals surface area contributed by atoms with Crippen LogP contribution in [0.25, 0.3) is 0 Å². The maximum absolute atomic E-state index is 4.46. The summed E-state index contributed by atoms with van der Waals surface area (Å²) in [6.45, 7) is 10.9. The zero-order valence-corrected chi connectivity index (χ0v) is 12.2. The van der Waals surface area contributed by atoms with Crippen LogP contribution < -0.4 is 5.32 Å². The zero-order chi connectivity index (χ0) is 14.0. The van der Waals surface area contributed by atoms with E-state index in [9.17, 15) is 0 Å². The minimum Gasteiger partial charge on any atom is -0.350 e. The standard InChI is InChI=1S/C14H21N5/c1-9-6-10(2)16-14(15-9)17-12(4)8-19-13(5)7-11(3)18-19/h6-7,12H,8H2,1-5H3,(H,15,16,17)/t12-/m0/s1. The first kappa shape index (κ1) is 13.5. The fourth-order valence-electron chi connectivity index (χ4n) is 2.18. The number of aryl methyl sites for hydroxylation is 4. The molecule has 19 heavy (non-hydrogen) atoms. The maximum atomic E-state index is 4.46. The van der Waals surface area contributed by atoms with E-state index < -0.39 is 0 Å². The van der Waals surface area contributed by atoms with Crippen molar-refractivity contribution >= 4 is 5.95 Å². The lowest BCUT2D eigenvalue weighted by atomic mass is 10.3. The smallest absolute Gasteiger partial charge is 0.223 e. The van der Waals surface area contributed by atoms with E-state index in [0.717, 1.165) is 23.6 Å². The lowest BCUT2D eigenvalue weighted by molar-refractivity contribution is 0.543. The van der Waals surface area contributed by atoms with Crippen molar-refractivity contribution in [2.75, 3.05) is 5.32 Å². The van der Waals surface area contributed by atoms with Crippen molar-refractivity contribution < 1.29 is 0 Å². The van der Waals surface area contributed by atoms with Crippen LogP contribution in [0.2, 0.25) is 0 Å². The summed E-state index contributed by atoms with van der Waals surface area (Å²) in [7, 11) is 0. The number of nitrogens with one attached hydrogen (secondary N) is 1. The third-order valence-corrected chi connectivity index (χ3v) is 2.91. The monoisotopic (exact) mass is 259 g/mol. The molecule has 5 heteroatoms. The molecule has 0 saturated carbocycles. The van der Waals surface area contributed by atoms with Gasteiger partial charge in [-0.15, -0.1) is 0 Å². The molecule has 0 bridgehead atoms. The van der Waals surface area contributed by atoms with Crippen molar-refractivity contribution in [3.8, 4) is 0 Å². The largest absolute Gasteiger partial charge is 0.350 e. The average Bonchev–Trinajstić information content (AvgIpc) is 2.55. The van der Waals surface area contributed by atoms with Gasteiger partial charge in [0.05, 0.1) is 12.2 Å². The molecule has 0 radical (unpaired) electrons. The number of rotatable bonds is 4. The zero-order valence-electron chi connectivity index (χ0n) is 12.2. The predicted octanol–water partition coefficient (Wildman–Crippen LogP) is 2.41. The summed E-state index contributed by atoms with van der Waals surface area (Å²) in [6, 6.07) is 4.27. The number of hydrogen-bond donors (Lipinski definition) is 1. The van der Waals surface area contributed by atoms with E-state index in [1.54, 1.807) is 0 Å². The van der Waals surface area contributed by atoms with E-state index in [0.29, 0.717) is 5.95 Å². The molecule has 1 N–H and O–H groups in total. The molecule has 102 valence electrons. The van der Waals surface area contributed by atoms with Gasteiger partial charge in [-0.1, -0.05) is 0 Å². The molecule has 0 amide bonds. The van der Waals surface area contributed by atoms with Crippen LogP contribution in [0.15, 0.2) is 12.1 Å². The molecule has 5 nitrogen and oxygen atoms in total.